The minimum Gasteiger partial charge on any atom is -0.362 e. The molecule has 0 radical (unpaired) electrons. The highest BCUT2D eigenvalue weighted by atomic mass is 19.1. The van der Waals surface area contributed by atoms with Crippen molar-refractivity contribution in [3.05, 3.63) is 60.1 Å². The van der Waals surface area contributed by atoms with E-state index < -0.39 is 0 Å². The molecule has 0 saturated heterocycles. The van der Waals surface area contributed by atoms with Gasteiger partial charge in [0.15, 0.2) is 0 Å². The fourth-order valence-corrected chi connectivity index (χ4v) is 2.33. The summed E-state index contributed by atoms with van der Waals surface area (Å²) in [5.74, 6) is -0.201. The van der Waals surface area contributed by atoms with Crippen LogP contribution in [0, 0.1) is 12.7 Å². The SMILES string of the molecule is Cc1cc(-c2cncc(CN3C=CN(C)C3)n2)ccc1F. The molecule has 1 aromatic carbocycles. The van der Waals surface area contributed by atoms with Gasteiger partial charge in [0.2, 0.25) is 0 Å². The average molecular weight is 284 g/mol. The van der Waals surface area contributed by atoms with Gasteiger partial charge in [0, 0.05) is 25.0 Å². The Hall–Kier alpha value is -2.43. The molecule has 21 heavy (non-hydrogen) atoms. The smallest absolute Gasteiger partial charge is 0.126 e. The molecule has 0 unspecified atom stereocenters. The fourth-order valence-electron chi connectivity index (χ4n) is 2.33. The van der Waals surface area contributed by atoms with Crippen molar-refractivity contribution in [2.45, 2.75) is 13.5 Å². The normalized spacial score (nSPS) is 14.0. The van der Waals surface area contributed by atoms with Gasteiger partial charge in [0.25, 0.3) is 0 Å². The van der Waals surface area contributed by atoms with Crippen LogP contribution in [0.5, 0.6) is 0 Å². The molecule has 1 aliphatic heterocycles. The van der Waals surface area contributed by atoms with E-state index in [-0.39, 0.29) is 5.82 Å². The van der Waals surface area contributed by atoms with Gasteiger partial charge in [-0.05, 0) is 30.7 Å². The van der Waals surface area contributed by atoms with Crippen LogP contribution in [0.15, 0.2) is 43.0 Å². The van der Waals surface area contributed by atoms with Crippen molar-refractivity contribution in [3.8, 4) is 11.3 Å². The Morgan fingerprint density at radius 1 is 1.24 bits per heavy atom. The summed E-state index contributed by atoms with van der Waals surface area (Å²) in [6.07, 6.45) is 7.55. The lowest BCUT2D eigenvalue weighted by molar-refractivity contribution is 0.288. The lowest BCUT2D eigenvalue weighted by atomic mass is 10.1. The quantitative estimate of drug-likeness (QED) is 0.867. The highest BCUT2D eigenvalue weighted by Gasteiger charge is 2.11. The molecule has 3 rings (SSSR count). The number of aromatic nitrogens is 2. The summed E-state index contributed by atoms with van der Waals surface area (Å²) in [5, 5.41) is 0. The maximum Gasteiger partial charge on any atom is 0.126 e. The second-order valence-corrected chi connectivity index (χ2v) is 5.30. The van der Waals surface area contributed by atoms with Crippen LogP contribution in [0.1, 0.15) is 11.3 Å². The third kappa shape index (κ3) is 3.02. The van der Waals surface area contributed by atoms with Crippen LogP contribution in [0.25, 0.3) is 11.3 Å². The molecular weight excluding hydrogens is 267 g/mol. The molecular formula is C16H17FN4. The molecule has 2 aromatic rings. The van der Waals surface area contributed by atoms with Gasteiger partial charge in [0.05, 0.1) is 37.0 Å². The van der Waals surface area contributed by atoms with Crippen molar-refractivity contribution in [3.63, 3.8) is 0 Å². The average Bonchev–Trinajstić information content (AvgIpc) is 2.87. The van der Waals surface area contributed by atoms with E-state index in [2.05, 4.69) is 19.8 Å². The molecule has 108 valence electrons. The topological polar surface area (TPSA) is 32.3 Å². The Morgan fingerprint density at radius 2 is 2.10 bits per heavy atom. The second kappa shape index (κ2) is 5.52. The molecule has 1 aromatic heterocycles. The van der Waals surface area contributed by atoms with Gasteiger partial charge in [-0.3, -0.25) is 4.98 Å². The van der Waals surface area contributed by atoms with E-state index in [1.54, 1.807) is 31.5 Å². The molecule has 0 N–H and O–H groups in total. The van der Waals surface area contributed by atoms with E-state index in [9.17, 15) is 4.39 Å². The van der Waals surface area contributed by atoms with Crippen molar-refractivity contribution in [2.24, 2.45) is 0 Å². The zero-order valence-corrected chi connectivity index (χ0v) is 12.1. The summed E-state index contributed by atoms with van der Waals surface area (Å²) in [7, 11) is 2.03. The molecule has 0 spiro atoms. The van der Waals surface area contributed by atoms with Gasteiger partial charge in [-0.15, -0.1) is 0 Å². The summed E-state index contributed by atoms with van der Waals surface area (Å²) in [5.41, 5.74) is 3.17. The Morgan fingerprint density at radius 3 is 2.81 bits per heavy atom. The number of halogens is 1. The zero-order chi connectivity index (χ0) is 14.8. The van der Waals surface area contributed by atoms with E-state index in [0.29, 0.717) is 12.1 Å². The second-order valence-electron chi connectivity index (χ2n) is 5.30. The van der Waals surface area contributed by atoms with E-state index in [1.165, 1.54) is 6.07 Å². The summed E-state index contributed by atoms with van der Waals surface area (Å²) in [6, 6.07) is 5.00. The number of nitrogens with zero attached hydrogens (tertiary/aromatic N) is 4. The van der Waals surface area contributed by atoms with Crippen molar-refractivity contribution < 1.29 is 4.39 Å². The molecule has 0 bridgehead atoms. The van der Waals surface area contributed by atoms with Crippen molar-refractivity contribution in [1.82, 2.24) is 19.8 Å². The summed E-state index contributed by atoms with van der Waals surface area (Å²) in [4.78, 5) is 13.1. The number of rotatable bonds is 3. The summed E-state index contributed by atoms with van der Waals surface area (Å²) in [6.45, 7) is 3.31. The first-order chi connectivity index (χ1) is 10.1. The van der Waals surface area contributed by atoms with Crippen LogP contribution in [0.3, 0.4) is 0 Å². The Bertz CT molecular complexity index is 684. The molecule has 2 heterocycles. The third-order valence-corrected chi connectivity index (χ3v) is 3.44. The van der Waals surface area contributed by atoms with Crippen LogP contribution < -0.4 is 0 Å². The number of hydrogen-bond donors (Lipinski definition) is 0. The maximum absolute atomic E-state index is 13.3. The van der Waals surface area contributed by atoms with Gasteiger partial charge in [-0.1, -0.05) is 0 Å². The van der Waals surface area contributed by atoms with Gasteiger partial charge in [0.1, 0.15) is 5.82 Å². The Balaban J connectivity index is 1.82. The third-order valence-electron chi connectivity index (χ3n) is 3.44. The monoisotopic (exact) mass is 284 g/mol. The maximum atomic E-state index is 13.3. The van der Waals surface area contributed by atoms with E-state index in [0.717, 1.165) is 23.6 Å². The zero-order valence-electron chi connectivity index (χ0n) is 12.1. The molecule has 4 nitrogen and oxygen atoms in total. The first-order valence-electron chi connectivity index (χ1n) is 6.82. The molecule has 0 aliphatic carbocycles. The number of benzene rings is 1. The highest BCUT2D eigenvalue weighted by molar-refractivity contribution is 5.59. The standard InChI is InChI=1S/C16H17FN4/c1-12-7-13(3-4-15(12)17)16-9-18-8-14(19-16)10-21-6-5-20(2)11-21/h3-9H,10-11H2,1-2H3. The van der Waals surface area contributed by atoms with Gasteiger partial charge >= 0.3 is 0 Å². The molecule has 0 amide bonds. The van der Waals surface area contributed by atoms with Crippen LogP contribution in [0.4, 0.5) is 4.39 Å². The first-order valence-corrected chi connectivity index (χ1v) is 6.82. The number of hydrogen-bond acceptors (Lipinski definition) is 4. The minimum absolute atomic E-state index is 0.201. The Labute approximate surface area is 123 Å². The first kappa shape index (κ1) is 13.5. The van der Waals surface area contributed by atoms with Crippen LogP contribution in [0.2, 0.25) is 0 Å². The predicted molar refractivity (Wildman–Crippen MR) is 79.5 cm³/mol. The predicted octanol–water partition coefficient (Wildman–Crippen LogP) is 2.77. The van der Waals surface area contributed by atoms with Crippen molar-refractivity contribution >= 4 is 0 Å². The lowest BCUT2D eigenvalue weighted by Gasteiger charge is -2.17. The van der Waals surface area contributed by atoms with E-state index in [4.69, 9.17) is 0 Å². The largest absolute Gasteiger partial charge is 0.362 e. The van der Waals surface area contributed by atoms with E-state index >= 15 is 0 Å². The number of aryl methyl sites for hydroxylation is 1. The molecule has 1 aliphatic rings. The molecule has 0 fully saturated rings. The summed E-state index contributed by atoms with van der Waals surface area (Å²) >= 11 is 0. The van der Waals surface area contributed by atoms with Gasteiger partial charge in [-0.2, -0.15) is 0 Å². The molecule has 0 saturated carbocycles. The highest BCUT2D eigenvalue weighted by Crippen LogP contribution is 2.20. The molecule has 5 heteroatoms. The lowest BCUT2D eigenvalue weighted by Crippen LogP contribution is -2.22. The van der Waals surface area contributed by atoms with Crippen molar-refractivity contribution in [1.29, 1.82) is 0 Å². The van der Waals surface area contributed by atoms with Gasteiger partial charge in [-0.25, -0.2) is 9.37 Å². The van der Waals surface area contributed by atoms with Crippen LogP contribution in [-0.4, -0.2) is 33.5 Å². The van der Waals surface area contributed by atoms with Crippen LogP contribution >= 0.6 is 0 Å². The van der Waals surface area contributed by atoms with Crippen molar-refractivity contribution in [2.75, 3.05) is 13.7 Å². The van der Waals surface area contributed by atoms with Gasteiger partial charge < -0.3 is 9.80 Å². The molecule has 0 atom stereocenters. The minimum atomic E-state index is -0.201. The fraction of sp³-hybridized carbons (Fsp3) is 0.250. The van der Waals surface area contributed by atoms with Crippen LogP contribution in [-0.2, 0) is 6.54 Å². The van der Waals surface area contributed by atoms with E-state index in [1.807, 2.05) is 19.4 Å². The summed E-state index contributed by atoms with van der Waals surface area (Å²) < 4.78 is 13.3. The Kier molecular flexibility index (Phi) is 3.56.